The summed E-state index contributed by atoms with van der Waals surface area (Å²) in [7, 11) is 0. The average Bonchev–Trinajstić information content (AvgIpc) is 3.10. The molecule has 1 aromatic rings. The average molecular weight is 393 g/mol. The normalized spacial score (nSPS) is 21.7. The molecule has 1 aromatic heterocycles. The molecule has 0 saturated heterocycles. The fourth-order valence-electron chi connectivity index (χ4n) is 3.64. The van der Waals surface area contributed by atoms with Gasteiger partial charge in [-0.15, -0.1) is 12.3 Å². The zero-order valence-electron chi connectivity index (χ0n) is 14.9. The van der Waals surface area contributed by atoms with Crippen LogP contribution in [-0.2, 0) is 22.3 Å². The highest BCUT2D eigenvalue weighted by Crippen LogP contribution is 2.43. The van der Waals surface area contributed by atoms with Crippen LogP contribution in [-0.4, -0.2) is 28.3 Å². The number of alkyl halides is 3. The number of ether oxygens (including phenoxy) is 1. The first-order valence-corrected chi connectivity index (χ1v) is 8.84. The molecule has 0 radical (unpaired) electrons. The molecule has 0 aromatic carbocycles. The minimum absolute atomic E-state index is 0.0824. The Hall–Kier alpha value is -2.66. The number of allylic oxidation sites excluding steroid dienone is 2. The Kier molecular flexibility index (Phi) is 5.57. The number of carbonyl (C=O) groups excluding carboxylic acids is 2. The number of hydrogen-bond donors (Lipinski definition) is 1. The largest absolute Gasteiger partial charge is 0.511 e. The third-order valence-corrected chi connectivity index (χ3v) is 5.06. The van der Waals surface area contributed by atoms with Crippen LogP contribution in [0.5, 0.6) is 0 Å². The summed E-state index contributed by atoms with van der Waals surface area (Å²) in [4.78, 5) is 29.0. The van der Waals surface area contributed by atoms with Crippen LogP contribution in [0.1, 0.15) is 47.4 Å². The number of nitrogens with zero attached hydrogens (tertiary/aromatic N) is 1. The van der Waals surface area contributed by atoms with Gasteiger partial charge in [-0.05, 0) is 31.4 Å². The van der Waals surface area contributed by atoms with E-state index < -0.39 is 23.4 Å². The summed E-state index contributed by atoms with van der Waals surface area (Å²) >= 11 is 0. The molecule has 0 spiro atoms. The van der Waals surface area contributed by atoms with Gasteiger partial charge in [0.2, 0.25) is 5.78 Å². The summed E-state index contributed by atoms with van der Waals surface area (Å²) in [6, 6.07) is 1.65. The number of terminal acetylenes is 1. The molecule has 0 aliphatic heterocycles. The summed E-state index contributed by atoms with van der Waals surface area (Å²) < 4.78 is 44.3. The number of halogens is 3. The van der Waals surface area contributed by atoms with Crippen molar-refractivity contribution in [3.63, 3.8) is 0 Å². The van der Waals surface area contributed by atoms with E-state index >= 15 is 0 Å². The molecule has 2 atom stereocenters. The monoisotopic (exact) mass is 393 g/mol. The number of Topliss-reactive ketones (excluding diaryl/α,β-unsaturated/α-hetero) is 2. The van der Waals surface area contributed by atoms with E-state index in [0.717, 1.165) is 6.07 Å². The fraction of sp³-hybridized carbons (Fsp3) is 0.450. The van der Waals surface area contributed by atoms with Gasteiger partial charge < -0.3 is 9.84 Å². The van der Waals surface area contributed by atoms with Crippen molar-refractivity contribution >= 4 is 11.6 Å². The van der Waals surface area contributed by atoms with E-state index in [9.17, 15) is 27.9 Å². The first-order chi connectivity index (χ1) is 13.2. The van der Waals surface area contributed by atoms with Crippen molar-refractivity contribution in [3.05, 3.63) is 40.4 Å². The number of ketones is 2. The van der Waals surface area contributed by atoms with Crippen molar-refractivity contribution in [2.45, 2.75) is 38.5 Å². The number of carbonyl (C=O) groups is 2. The lowest BCUT2D eigenvalue weighted by atomic mass is 9.83. The van der Waals surface area contributed by atoms with Crippen LogP contribution in [0.3, 0.4) is 0 Å². The standard InChI is InChI=1S/C20H18F3NO4/c1-2-3-8-28-10-14-13(6-7-15(24-14)20(21,22)23)19(27)16-17(25)11-4-5-12(9-11)18(16)26/h1,6-7,11-12,25H,3-5,8-10H2. The van der Waals surface area contributed by atoms with Crippen molar-refractivity contribution in [1.82, 2.24) is 4.98 Å². The lowest BCUT2D eigenvalue weighted by molar-refractivity contribution is -0.141. The molecule has 2 aliphatic rings. The van der Waals surface area contributed by atoms with Crippen molar-refractivity contribution in [1.29, 1.82) is 0 Å². The first-order valence-electron chi connectivity index (χ1n) is 8.84. The topological polar surface area (TPSA) is 76.5 Å². The zero-order chi connectivity index (χ0) is 20.5. The lowest BCUT2D eigenvalue weighted by Gasteiger charge is -2.21. The van der Waals surface area contributed by atoms with Gasteiger partial charge in [-0.25, -0.2) is 4.98 Å². The summed E-state index contributed by atoms with van der Waals surface area (Å²) in [5.41, 5.74) is -1.95. The Morgan fingerprint density at radius 3 is 2.71 bits per heavy atom. The molecule has 5 nitrogen and oxygen atoms in total. The minimum Gasteiger partial charge on any atom is -0.511 e. The van der Waals surface area contributed by atoms with Gasteiger partial charge in [0.1, 0.15) is 17.0 Å². The molecule has 8 heteroatoms. The van der Waals surface area contributed by atoms with Crippen LogP contribution in [0.2, 0.25) is 0 Å². The molecule has 3 rings (SSSR count). The second-order valence-corrected chi connectivity index (χ2v) is 6.86. The molecule has 0 amide bonds. The zero-order valence-corrected chi connectivity index (χ0v) is 14.9. The highest BCUT2D eigenvalue weighted by atomic mass is 19.4. The van der Waals surface area contributed by atoms with Crippen LogP contribution in [0.15, 0.2) is 23.5 Å². The number of aliphatic hydroxyl groups excluding tert-OH is 1. The van der Waals surface area contributed by atoms with Gasteiger partial charge >= 0.3 is 6.18 Å². The lowest BCUT2D eigenvalue weighted by Crippen LogP contribution is -2.28. The van der Waals surface area contributed by atoms with E-state index in [2.05, 4.69) is 10.9 Å². The molecule has 1 N–H and O–H groups in total. The molecule has 28 heavy (non-hydrogen) atoms. The third-order valence-electron chi connectivity index (χ3n) is 5.06. The minimum atomic E-state index is -4.70. The number of rotatable bonds is 6. The molecular formula is C20H18F3NO4. The Bertz CT molecular complexity index is 882. The summed E-state index contributed by atoms with van der Waals surface area (Å²) in [6.07, 6.45) is 2.33. The van der Waals surface area contributed by atoms with Gasteiger partial charge in [0.05, 0.1) is 18.9 Å². The predicted octanol–water partition coefficient (Wildman–Crippen LogP) is 3.63. The van der Waals surface area contributed by atoms with Gasteiger partial charge in [0, 0.05) is 23.8 Å². The summed E-state index contributed by atoms with van der Waals surface area (Å²) in [5, 5.41) is 10.4. The second kappa shape index (κ2) is 7.76. The number of aromatic nitrogens is 1. The third kappa shape index (κ3) is 3.80. The highest BCUT2D eigenvalue weighted by molar-refractivity contribution is 6.28. The van der Waals surface area contributed by atoms with E-state index in [1.54, 1.807) is 0 Å². The van der Waals surface area contributed by atoms with E-state index in [1.165, 1.54) is 0 Å². The van der Waals surface area contributed by atoms with Gasteiger partial charge in [0.15, 0.2) is 5.78 Å². The quantitative estimate of drug-likeness (QED) is 0.346. The Labute approximate surface area is 159 Å². The smallest absolute Gasteiger partial charge is 0.433 e. The van der Waals surface area contributed by atoms with E-state index in [-0.39, 0.29) is 54.1 Å². The summed E-state index contributed by atoms with van der Waals surface area (Å²) in [5.74, 6) is 0.168. The fourth-order valence-corrected chi connectivity index (χ4v) is 3.64. The number of pyridine rings is 1. The van der Waals surface area contributed by atoms with Gasteiger partial charge in [-0.1, -0.05) is 0 Å². The second-order valence-electron chi connectivity index (χ2n) is 6.86. The van der Waals surface area contributed by atoms with Crippen LogP contribution < -0.4 is 0 Å². The summed E-state index contributed by atoms with van der Waals surface area (Å²) in [6.45, 7) is -0.291. The maximum Gasteiger partial charge on any atom is 0.433 e. The molecular weight excluding hydrogens is 375 g/mol. The van der Waals surface area contributed by atoms with E-state index in [4.69, 9.17) is 11.2 Å². The first kappa shape index (κ1) is 20.1. The molecule has 2 aliphatic carbocycles. The van der Waals surface area contributed by atoms with E-state index in [1.807, 2.05) is 0 Å². The maximum atomic E-state index is 13.0. The molecule has 1 fully saturated rings. The van der Waals surface area contributed by atoms with Crippen LogP contribution in [0.25, 0.3) is 0 Å². The molecule has 1 heterocycles. The van der Waals surface area contributed by atoms with Crippen molar-refractivity contribution in [2.75, 3.05) is 6.61 Å². The van der Waals surface area contributed by atoms with Gasteiger partial charge in [-0.3, -0.25) is 9.59 Å². The predicted molar refractivity (Wildman–Crippen MR) is 92.2 cm³/mol. The maximum absolute atomic E-state index is 13.0. The molecule has 2 bridgehead atoms. The van der Waals surface area contributed by atoms with Crippen LogP contribution >= 0.6 is 0 Å². The Morgan fingerprint density at radius 1 is 1.32 bits per heavy atom. The van der Waals surface area contributed by atoms with Crippen molar-refractivity contribution in [2.24, 2.45) is 11.8 Å². The van der Waals surface area contributed by atoms with Crippen molar-refractivity contribution < 1.29 is 32.6 Å². The Balaban J connectivity index is 1.97. The Morgan fingerprint density at radius 2 is 2.04 bits per heavy atom. The molecule has 1 saturated carbocycles. The molecule has 148 valence electrons. The highest BCUT2D eigenvalue weighted by Gasteiger charge is 2.44. The molecule has 2 unspecified atom stereocenters. The SMILES string of the molecule is C#CCCOCc1nc(C(F)(F)F)ccc1C(=O)C1=C(O)C2CCC(C2)C1=O. The van der Waals surface area contributed by atoms with Gasteiger partial charge in [0.25, 0.3) is 0 Å². The van der Waals surface area contributed by atoms with Crippen LogP contribution in [0.4, 0.5) is 13.2 Å². The van der Waals surface area contributed by atoms with Crippen molar-refractivity contribution in [3.8, 4) is 12.3 Å². The van der Waals surface area contributed by atoms with Crippen LogP contribution in [0, 0.1) is 24.2 Å². The number of hydrogen-bond acceptors (Lipinski definition) is 5. The van der Waals surface area contributed by atoms with E-state index in [0.29, 0.717) is 25.3 Å². The van der Waals surface area contributed by atoms with Gasteiger partial charge in [-0.2, -0.15) is 13.2 Å². The number of fused-ring (bicyclic) bond motifs is 2. The number of aliphatic hydroxyl groups is 1.